The van der Waals surface area contributed by atoms with Gasteiger partial charge in [0.1, 0.15) is 24.2 Å². The van der Waals surface area contributed by atoms with Crippen molar-refractivity contribution in [2.75, 3.05) is 7.11 Å². The first-order valence-electron chi connectivity index (χ1n) is 13.2. The minimum atomic E-state index is -0.949. The van der Waals surface area contributed by atoms with Crippen LogP contribution in [-0.2, 0) is 22.7 Å². The molecule has 1 fully saturated rings. The van der Waals surface area contributed by atoms with Crippen molar-refractivity contribution in [3.05, 3.63) is 90.0 Å². The number of carbonyl (C=O) groups excluding carboxylic acids is 2. The number of nitrogens with one attached hydrogen (secondary N) is 1. The first-order chi connectivity index (χ1) is 19.5. The van der Waals surface area contributed by atoms with E-state index in [4.69, 9.17) is 4.74 Å². The fourth-order valence-electron chi connectivity index (χ4n) is 4.98. The van der Waals surface area contributed by atoms with Crippen LogP contribution >= 0.6 is 0 Å². The Morgan fingerprint density at radius 1 is 1.07 bits per heavy atom. The van der Waals surface area contributed by atoms with Crippen molar-refractivity contribution in [3.63, 3.8) is 0 Å². The zero-order chi connectivity index (χ0) is 27.9. The van der Waals surface area contributed by atoms with E-state index in [2.05, 4.69) is 25.7 Å². The number of rotatable bonds is 10. The van der Waals surface area contributed by atoms with Gasteiger partial charge in [-0.2, -0.15) is 4.80 Å². The van der Waals surface area contributed by atoms with Gasteiger partial charge in [-0.3, -0.25) is 14.6 Å². The van der Waals surface area contributed by atoms with E-state index in [0.717, 1.165) is 36.0 Å². The number of para-hydroxylation sites is 1. The van der Waals surface area contributed by atoms with E-state index in [1.807, 2.05) is 18.2 Å². The zero-order valence-electron chi connectivity index (χ0n) is 22.1. The van der Waals surface area contributed by atoms with Crippen LogP contribution in [0.5, 0.6) is 5.75 Å². The van der Waals surface area contributed by atoms with Crippen molar-refractivity contribution in [2.24, 2.45) is 0 Å². The molecular weight excluding hydrogens is 513 g/mol. The van der Waals surface area contributed by atoms with E-state index < -0.39 is 17.8 Å². The number of tetrazole rings is 1. The van der Waals surface area contributed by atoms with Gasteiger partial charge >= 0.3 is 0 Å². The van der Waals surface area contributed by atoms with Crippen LogP contribution in [0.3, 0.4) is 0 Å². The molecule has 2 aromatic carbocycles. The Hall–Kier alpha value is -4.67. The molecule has 11 heteroatoms. The van der Waals surface area contributed by atoms with Gasteiger partial charge in [0.15, 0.2) is 0 Å². The fraction of sp³-hybridized carbons (Fsp3) is 0.310. The van der Waals surface area contributed by atoms with E-state index >= 15 is 0 Å². The van der Waals surface area contributed by atoms with Crippen molar-refractivity contribution < 1.29 is 18.7 Å². The molecule has 5 rings (SSSR count). The largest absolute Gasteiger partial charge is 0.496 e. The molecule has 40 heavy (non-hydrogen) atoms. The summed E-state index contributed by atoms with van der Waals surface area (Å²) in [5.41, 5.74) is 1.52. The van der Waals surface area contributed by atoms with Gasteiger partial charge in [0.2, 0.25) is 17.6 Å². The molecule has 206 valence electrons. The Morgan fingerprint density at radius 3 is 2.55 bits per heavy atom. The van der Waals surface area contributed by atoms with Crippen LogP contribution in [0.15, 0.2) is 73.1 Å². The second-order valence-corrected chi connectivity index (χ2v) is 9.63. The van der Waals surface area contributed by atoms with Crippen LogP contribution in [-0.4, -0.2) is 55.1 Å². The smallest absolute Gasteiger partial charge is 0.247 e. The first kappa shape index (κ1) is 26.9. The Labute approximate surface area is 231 Å². The molecule has 4 aromatic rings. The van der Waals surface area contributed by atoms with Crippen LogP contribution < -0.4 is 10.1 Å². The highest BCUT2D eigenvalue weighted by atomic mass is 19.1. The van der Waals surface area contributed by atoms with Crippen molar-refractivity contribution in [1.82, 2.24) is 35.4 Å². The third-order valence-corrected chi connectivity index (χ3v) is 6.98. The average Bonchev–Trinajstić information content (AvgIpc) is 3.66. The molecule has 1 aliphatic rings. The molecule has 0 spiro atoms. The summed E-state index contributed by atoms with van der Waals surface area (Å²) in [6.07, 6.45) is 7.09. The van der Waals surface area contributed by atoms with Crippen LogP contribution in [0.2, 0.25) is 0 Å². The van der Waals surface area contributed by atoms with E-state index in [9.17, 15) is 14.0 Å². The Balaban J connectivity index is 1.49. The van der Waals surface area contributed by atoms with Gasteiger partial charge < -0.3 is 15.0 Å². The Morgan fingerprint density at radius 2 is 1.80 bits per heavy atom. The molecule has 1 N–H and O–H groups in total. The minimum Gasteiger partial charge on any atom is -0.496 e. The number of methoxy groups -OCH3 is 1. The van der Waals surface area contributed by atoms with Crippen LogP contribution in [0.25, 0.3) is 11.4 Å². The highest BCUT2D eigenvalue weighted by Crippen LogP contribution is 2.28. The predicted octanol–water partition coefficient (Wildman–Crippen LogP) is 3.71. The van der Waals surface area contributed by atoms with Crippen molar-refractivity contribution in [3.8, 4) is 17.1 Å². The van der Waals surface area contributed by atoms with E-state index in [0.29, 0.717) is 11.3 Å². The maximum atomic E-state index is 14.3. The molecule has 0 bridgehead atoms. The van der Waals surface area contributed by atoms with Gasteiger partial charge in [-0.05, 0) is 54.0 Å². The third-order valence-electron chi connectivity index (χ3n) is 6.98. The SMILES string of the molecule is COc1ccccc1CN(C(=O)Cn1nnc(-c2ccccc2F)n1)[C@H](C(=O)NC1CCCC1)c1ccncc1. The van der Waals surface area contributed by atoms with E-state index in [1.54, 1.807) is 55.9 Å². The molecular formula is C29H30FN7O3. The normalized spacial score (nSPS) is 14.1. The summed E-state index contributed by atoms with van der Waals surface area (Å²) in [7, 11) is 1.56. The number of amides is 2. The summed E-state index contributed by atoms with van der Waals surface area (Å²) in [6, 6.07) is 16.0. The summed E-state index contributed by atoms with van der Waals surface area (Å²) in [5, 5.41) is 15.3. The van der Waals surface area contributed by atoms with Gasteiger partial charge in [-0.25, -0.2) is 4.39 Å². The second kappa shape index (κ2) is 12.5. The standard InChI is InChI=1S/C29H30FN7O3/c1-40-25-13-7-2-8-21(25)18-36(26(38)19-37-34-28(33-35-37)23-11-5-6-12-24(23)30)27(20-14-16-31-17-15-20)29(39)32-22-9-3-4-10-22/h2,5-8,11-17,22,27H,3-4,9-10,18-19H2,1H3,(H,32,39)/t27-/m0/s1. The highest BCUT2D eigenvalue weighted by molar-refractivity contribution is 5.89. The number of benzene rings is 2. The van der Waals surface area contributed by atoms with Crippen molar-refractivity contribution in [1.29, 1.82) is 0 Å². The average molecular weight is 544 g/mol. The highest BCUT2D eigenvalue weighted by Gasteiger charge is 2.34. The number of halogens is 1. The van der Waals surface area contributed by atoms with E-state index in [-0.39, 0.29) is 36.4 Å². The lowest BCUT2D eigenvalue weighted by Crippen LogP contribution is -2.46. The molecule has 0 saturated heterocycles. The predicted molar refractivity (Wildman–Crippen MR) is 144 cm³/mol. The number of aromatic nitrogens is 5. The first-order valence-corrected chi connectivity index (χ1v) is 13.2. The van der Waals surface area contributed by atoms with Gasteiger partial charge in [0.05, 0.1) is 19.2 Å². The van der Waals surface area contributed by atoms with Crippen LogP contribution in [0, 0.1) is 5.82 Å². The molecule has 0 radical (unpaired) electrons. The number of nitrogens with zero attached hydrogens (tertiary/aromatic N) is 6. The summed E-state index contributed by atoms with van der Waals surface area (Å²) >= 11 is 0. The quantitative estimate of drug-likeness (QED) is 0.324. The van der Waals surface area contributed by atoms with Gasteiger partial charge in [0.25, 0.3) is 0 Å². The summed E-state index contributed by atoms with van der Waals surface area (Å²) in [6.45, 7) is -0.225. The maximum Gasteiger partial charge on any atom is 0.247 e. The Kier molecular flexibility index (Phi) is 8.38. The maximum absolute atomic E-state index is 14.3. The number of hydrogen-bond acceptors (Lipinski definition) is 7. The number of hydrogen-bond donors (Lipinski definition) is 1. The molecule has 2 amide bonds. The fourth-order valence-corrected chi connectivity index (χ4v) is 4.98. The number of pyridine rings is 1. The molecule has 2 heterocycles. The lowest BCUT2D eigenvalue weighted by molar-refractivity contribution is -0.142. The van der Waals surface area contributed by atoms with Crippen molar-refractivity contribution >= 4 is 11.8 Å². The lowest BCUT2D eigenvalue weighted by Gasteiger charge is -2.32. The zero-order valence-corrected chi connectivity index (χ0v) is 22.1. The molecule has 1 saturated carbocycles. The van der Waals surface area contributed by atoms with Crippen LogP contribution in [0.4, 0.5) is 4.39 Å². The Bertz CT molecular complexity index is 1460. The van der Waals surface area contributed by atoms with Gasteiger partial charge in [-0.1, -0.05) is 43.2 Å². The van der Waals surface area contributed by atoms with E-state index in [1.165, 1.54) is 11.0 Å². The topological polar surface area (TPSA) is 115 Å². The van der Waals surface area contributed by atoms with Gasteiger partial charge in [-0.15, -0.1) is 10.2 Å². The minimum absolute atomic E-state index is 0.0559. The molecule has 2 aromatic heterocycles. The van der Waals surface area contributed by atoms with Gasteiger partial charge in [0, 0.05) is 24.0 Å². The van der Waals surface area contributed by atoms with Crippen molar-refractivity contribution in [2.45, 2.75) is 50.9 Å². The molecule has 10 nitrogen and oxygen atoms in total. The molecule has 1 aliphatic carbocycles. The number of carbonyl (C=O) groups is 2. The second-order valence-electron chi connectivity index (χ2n) is 9.63. The lowest BCUT2D eigenvalue weighted by atomic mass is 10.0. The summed E-state index contributed by atoms with van der Waals surface area (Å²) in [4.78, 5) is 34.5. The molecule has 1 atom stereocenters. The van der Waals surface area contributed by atoms with Crippen LogP contribution in [0.1, 0.15) is 42.9 Å². The summed E-state index contributed by atoms with van der Waals surface area (Å²) in [5.74, 6) is -0.545. The monoisotopic (exact) mass is 543 g/mol. The third kappa shape index (κ3) is 6.14. The molecule has 0 unspecified atom stereocenters. The summed E-state index contributed by atoms with van der Waals surface area (Å²) < 4.78 is 19.8. The number of ether oxygens (including phenoxy) is 1. The molecule has 0 aliphatic heterocycles.